The molecular weight excluding hydrogens is 371 g/mol. The number of aromatic nitrogens is 1. The van der Waals surface area contributed by atoms with Gasteiger partial charge in [0.2, 0.25) is 5.43 Å². The Bertz CT molecular complexity index is 1020. The van der Waals surface area contributed by atoms with Gasteiger partial charge in [-0.2, -0.15) is 0 Å². The number of fused-ring (bicyclic) bond motifs is 1. The molecule has 0 spiro atoms. The van der Waals surface area contributed by atoms with Gasteiger partial charge in [-0.3, -0.25) is 4.79 Å². The van der Waals surface area contributed by atoms with E-state index in [9.17, 15) is 14.0 Å². The lowest BCUT2D eigenvalue weighted by molar-refractivity contribution is 0.0524. The molecule has 154 valence electrons. The van der Waals surface area contributed by atoms with Crippen LogP contribution in [0.4, 0.5) is 4.39 Å². The zero-order chi connectivity index (χ0) is 20.5. The van der Waals surface area contributed by atoms with Gasteiger partial charge in [0.05, 0.1) is 12.1 Å². The average Bonchev–Trinajstić information content (AvgIpc) is 3.45. The predicted molar refractivity (Wildman–Crippen MR) is 111 cm³/mol. The van der Waals surface area contributed by atoms with Gasteiger partial charge in [0.1, 0.15) is 11.4 Å². The van der Waals surface area contributed by atoms with E-state index in [2.05, 4.69) is 0 Å². The molecule has 0 saturated heterocycles. The highest BCUT2D eigenvalue weighted by Crippen LogP contribution is 2.38. The molecule has 6 heteroatoms. The Kier molecular flexibility index (Phi) is 5.54. The number of nitrogens with two attached hydrogens (primary N) is 1. The first-order valence-corrected chi connectivity index (χ1v) is 10.5. The lowest BCUT2D eigenvalue weighted by Gasteiger charge is -2.15. The molecular formula is C23H27FN2O3. The minimum Gasteiger partial charge on any atom is -0.462 e. The molecule has 0 amide bonds. The summed E-state index contributed by atoms with van der Waals surface area (Å²) in [6.07, 6.45) is 11.2. The van der Waals surface area contributed by atoms with Crippen LogP contribution in [0.1, 0.15) is 67.4 Å². The molecule has 0 radical (unpaired) electrons. The van der Waals surface area contributed by atoms with E-state index in [0.717, 1.165) is 38.5 Å². The quantitative estimate of drug-likeness (QED) is 0.741. The van der Waals surface area contributed by atoms with Gasteiger partial charge in [-0.1, -0.05) is 12.2 Å². The van der Waals surface area contributed by atoms with Gasteiger partial charge in [-0.15, -0.1) is 0 Å². The molecule has 2 aliphatic carbocycles. The Labute approximate surface area is 169 Å². The number of benzene rings is 1. The number of allylic oxidation sites excluding steroid dienone is 1. The number of carbonyl (C=O) groups excluding carboxylic acids is 1. The number of esters is 1. The monoisotopic (exact) mass is 398 g/mol. The number of ether oxygens (including phenoxy) is 1. The van der Waals surface area contributed by atoms with E-state index in [0.29, 0.717) is 22.4 Å². The fourth-order valence-corrected chi connectivity index (χ4v) is 4.31. The Morgan fingerprint density at radius 1 is 1.31 bits per heavy atom. The van der Waals surface area contributed by atoms with Crippen molar-refractivity contribution in [1.29, 1.82) is 0 Å². The summed E-state index contributed by atoms with van der Waals surface area (Å²) in [5.74, 6) is -0.470. The van der Waals surface area contributed by atoms with Crippen molar-refractivity contribution < 1.29 is 13.9 Å². The molecule has 2 atom stereocenters. The lowest BCUT2D eigenvalue weighted by atomic mass is 10.0. The molecule has 0 bridgehead atoms. The van der Waals surface area contributed by atoms with E-state index in [1.54, 1.807) is 19.2 Å². The van der Waals surface area contributed by atoms with E-state index in [-0.39, 0.29) is 30.1 Å². The van der Waals surface area contributed by atoms with Crippen LogP contribution in [0.15, 0.2) is 29.2 Å². The van der Waals surface area contributed by atoms with E-state index < -0.39 is 11.4 Å². The number of hydrogen-bond donors (Lipinski definition) is 1. The normalized spacial score (nSPS) is 21.9. The topological polar surface area (TPSA) is 74.3 Å². The summed E-state index contributed by atoms with van der Waals surface area (Å²) in [6.45, 7) is 1.90. The minimum absolute atomic E-state index is 0.00716. The maximum absolute atomic E-state index is 14.8. The summed E-state index contributed by atoms with van der Waals surface area (Å²) < 4.78 is 21.7. The summed E-state index contributed by atoms with van der Waals surface area (Å²) in [4.78, 5) is 25.2. The zero-order valence-corrected chi connectivity index (χ0v) is 16.7. The maximum Gasteiger partial charge on any atom is 0.343 e. The van der Waals surface area contributed by atoms with Crippen LogP contribution in [-0.2, 0) is 4.74 Å². The SMILES string of the molecule is CCOC(=O)c1cn(C2CC2)c2c(/C=C\C[C@H]3CC[C@@H](N)C3)c(F)ccc2c1=O. The van der Waals surface area contributed by atoms with Crippen molar-refractivity contribution in [1.82, 2.24) is 4.57 Å². The molecule has 29 heavy (non-hydrogen) atoms. The first-order chi connectivity index (χ1) is 14.0. The highest BCUT2D eigenvalue weighted by molar-refractivity contribution is 5.96. The molecule has 2 aliphatic rings. The number of nitrogens with zero attached hydrogens (tertiary/aromatic N) is 1. The first-order valence-electron chi connectivity index (χ1n) is 10.5. The molecule has 1 aromatic carbocycles. The molecule has 0 unspecified atom stereocenters. The van der Waals surface area contributed by atoms with Crippen molar-refractivity contribution in [3.8, 4) is 0 Å². The van der Waals surface area contributed by atoms with Crippen LogP contribution in [0.3, 0.4) is 0 Å². The van der Waals surface area contributed by atoms with Crippen molar-refractivity contribution in [3.05, 3.63) is 51.6 Å². The predicted octanol–water partition coefficient (Wildman–Crippen LogP) is 4.18. The minimum atomic E-state index is -0.632. The summed E-state index contributed by atoms with van der Waals surface area (Å²) in [6, 6.07) is 3.22. The summed E-state index contributed by atoms with van der Waals surface area (Å²) in [5, 5.41) is 0.353. The second-order valence-electron chi connectivity index (χ2n) is 8.17. The average molecular weight is 398 g/mol. The summed E-state index contributed by atoms with van der Waals surface area (Å²) >= 11 is 0. The second kappa shape index (κ2) is 8.11. The van der Waals surface area contributed by atoms with Gasteiger partial charge in [-0.25, -0.2) is 9.18 Å². The Balaban J connectivity index is 1.78. The van der Waals surface area contributed by atoms with Gasteiger partial charge < -0.3 is 15.0 Å². The highest BCUT2D eigenvalue weighted by atomic mass is 19.1. The van der Waals surface area contributed by atoms with Crippen molar-refractivity contribution in [2.75, 3.05) is 6.61 Å². The van der Waals surface area contributed by atoms with Gasteiger partial charge in [0.25, 0.3) is 0 Å². The van der Waals surface area contributed by atoms with E-state index >= 15 is 0 Å². The molecule has 2 saturated carbocycles. The van der Waals surface area contributed by atoms with Gasteiger partial charge in [0, 0.05) is 29.2 Å². The Morgan fingerprint density at radius 2 is 2.10 bits per heavy atom. The van der Waals surface area contributed by atoms with Crippen LogP contribution >= 0.6 is 0 Å². The smallest absolute Gasteiger partial charge is 0.343 e. The molecule has 1 aromatic heterocycles. The number of carbonyl (C=O) groups is 1. The number of rotatable bonds is 6. The van der Waals surface area contributed by atoms with E-state index in [1.807, 2.05) is 10.6 Å². The molecule has 2 fully saturated rings. The van der Waals surface area contributed by atoms with Crippen molar-refractivity contribution in [2.24, 2.45) is 11.7 Å². The summed E-state index contributed by atoms with van der Waals surface area (Å²) in [5.41, 5.74) is 6.55. The molecule has 4 rings (SSSR count). The highest BCUT2D eigenvalue weighted by Gasteiger charge is 2.28. The Hall–Kier alpha value is -2.47. The third-order valence-corrected chi connectivity index (χ3v) is 5.95. The summed E-state index contributed by atoms with van der Waals surface area (Å²) in [7, 11) is 0. The number of pyridine rings is 1. The third-order valence-electron chi connectivity index (χ3n) is 5.95. The maximum atomic E-state index is 14.8. The van der Waals surface area contributed by atoms with Crippen LogP contribution in [0.2, 0.25) is 0 Å². The zero-order valence-electron chi connectivity index (χ0n) is 16.7. The first kappa shape index (κ1) is 19.8. The van der Waals surface area contributed by atoms with Crippen LogP contribution in [0, 0.1) is 11.7 Å². The number of halogens is 1. The fourth-order valence-electron chi connectivity index (χ4n) is 4.31. The fraction of sp³-hybridized carbons (Fsp3) is 0.478. The van der Waals surface area contributed by atoms with Crippen LogP contribution in [-0.4, -0.2) is 23.2 Å². The van der Waals surface area contributed by atoms with Crippen molar-refractivity contribution >= 4 is 22.9 Å². The molecule has 2 aromatic rings. The van der Waals surface area contributed by atoms with Crippen molar-refractivity contribution in [2.45, 2.75) is 57.5 Å². The standard InChI is InChI=1S/C23H27FN2O3/c1-2-29-23(28)19-13-26(16-8-9-16)21-17(20(24)11-10-18(21)22(19)27)5-3-4-14-6-7-15(25)12-14/h3,5,10-11,13-16H,2,4,6-9,12,25H2,1H3/b5-3-/t14-,15+/m0/s1. The molecule has 2 N–H and O–H groups in total. The lowest BCUT2D eigenvalue weighted by Crippen LogP contribution is -2.21. The van der Waals surface area contributed by atoms with Gasteiger partial charge >= 0.3 is 5.97 Å². The van der Waals surface area contributed by atoms with E-state index in [4.69, 9.17) is 10.5 Å². The Morgan fingerprint density at radius 3 is 2.76 bits per heavy atom. The molecule has 5 nitrogen and oxygen atoms in total. The van der Waals surface area contributed by atoms with Crippen LogP contribution in [0.5, 0.6) is 0 Å². The number of hydrogen-bond acceptors (Lipinski definition) is 4. The largest absolute Gasteiger partial charge is 0.462 e. The van der Waals surface area contributed by atoms with Crippen LogP contribution in [0.25, 0.3) is 17.0 Å². The van der Waals surface area contributed by atoms with Crippen molar-refractivity contribution in [3.63, 3.8) is 0 Å². The second-order valence-corrected chi connectivity index (χ2v) is 8.17. The molecule has 0 aliphatic heterocycles. The van der Waals surface area contributed by atoms with Gasteiger partial charge in [0.15, 0.2) is 0 Å². The third kappa shape index (κ3) is 3.99. The van der Waals surface area contributed by atoms with Crippen LogP contribution < -0.4 is 11.2 Å². The van der Waals surface area contributed by atoms with E-state index in [1.165, 1.54) is 12.1 Å². The van der Waals surface area contributed by atoms with Gasteiger partial charge in [-0.05, 0) is 63.5 Å². The molecule has 1 heterocycles.